The van der Waals surface area contributed by atoms with E-state index in [-0.39, 0.29) is 194 Å². The van der Waals surface area contributed by atoms with Gasteiger partial charge in [-0.2, -0.15) is 0 Å². The van der Waals surface area contributed by atoms with Crippen molar-refractivity contribution < 1.29 is 119 Å². The van der Waals surface area contributed by atoms with E-state index in [0.717, 1.165) is 43.3 Å². The topological polar surface area (TPSA) is 326 Å². The van der Waals surface area contributed by atoms with E-state index in [9.17, 15) is 33.9 Å². The van der Waals surface area contributed by atoms with E-state index in [2.05, 4.69) is 30.4 Å². The number of carbonyl (C=O) groups excluding carboxylic acids is 6. The van der Waals surface area contributed by atoms with Crippen molar-refractivity contribution in [3.8, 4) is 0 Å². The first-order valence-electron chi connectivity index (χ1n) is 38.9. The Hall–Kier alpha value is -5.08. The monoisotopic (exact) mass is 1570 g/mol. The van der Waals surface area contributed by atoms with Gasteiger partial charge >= 0.3 is 18.0 Å². The maximum absolute atomic E-state index is 14.6. The number of amides is 3. The highest BCUT2D eigenvalue weighted by molar-refractivity contribution is 8.77. The zero-order valence-electron chi connectivity index (χ0n) is 63.5. The third-order valence-electron chi connectivity index (χ3n) is 22.0. The number of aliphatic hydroxyl groups is 1. The van der Waals surface area contributed by atoms with Gasteiger partial charge in [0.05, 0.1) is 177 Å². The number of methoxy groups -OCH3 is 1. The number of fused-ring (bicyclic) bond motifs is 6. The fraction of sp³-hybridized carbons (Fsp3) is 0.766. The number of aromatic nitrogens is 3. The number of esters is 1. The summed E-state index contributed by atoms with van der Waals surface area (Å²) < 4.78 is 108. The van der Waals surface area contributed by atoms with Crippen LogP contribution in [0.4, 0.5) is 10.5 Å². The number of aliphatic hydroxyl groups excluding tert-OH is 1. The van der Waals surface area contributed by atoms with Gasteiger partial charge in [-0.3, -0.25) is 24.1 Å². The van der Waals surface area contributed by atoms with Gasteiger partial charge < -0.3 is 90.5 Å². The summed E-state index contributed by atoms with van der Waals surface area (Å²) in [5, 5.41) is 20.4. The molecule has 11 saturated heterocycles. The zero-order chi connectivity index (χ0) is 76.6. The standard InChI is InChI=1S/C77H111N5O25S2/c1-47-36-55-13-15-59-48(2)37-57(99-59)20-22-77-42-64-71(105-77)72-73(104-64)74(106-77)70-60(103-72)16-14-56(101-70)38-54(84)39-58-62(41-61(100-55)49(47)3)102-63(69(58)90-6)40-53(83)12-19-67(87)97-44-50-8-10-52(11-9-50)81(75(89)98-46-76(4,5)109-108-7)24-27-93-30-33-94-32-29-92-26-23-80-43-51(78-79-80)45-96-35-34-95-31-28-91-25-21-68(88)107-82-65(85)17-18-66(82)86/h8-11,43,47,53,55-64,69-74,83H,2-3,12-42,44-46H2,1,4-7H3/t47-,53-,55+,56-,57+,58+,59+,60+,61-,62+,63-,64-,69-,70+,71+,72+,73-,74+,77+/m1/s1. The molecule has 19 atom stereocenters. The number of hydrogen-bond donors (Lipinski definition) is 1. The van der Waals surface area contributed by atoms with Crippen LogP contribution in [-0.4, -0.2) is 268 Å². The van der Waals surface area contributed by atoms with Gasteiger partial charge in [-0.05, 0) is 106 Å². The summed E-state index contributed by atoms with van der Waals surface area (Å²) in [7, 11) is 4.82. The molecular weight excluding hydrogens is 1460 g/mol. The summed E-state index contributed by atoms with van der Waals surface area (Å²) in [6.07, 6.45) is 5.27. The Morgan fingerprint density at radius 2 is 1.38 bits per heavy atom. The van der Waals surface area contributed by atoms with E-state index in [1.807, 2.05) is 20.1 Å². The molecule has 30 nitrogen and oxygen atoms in total. The summed E-state index contributed by atoms with van der Waals surface area (Å²) in [6.45, 7) is 19.3. The molecule has 3 amide bonds. The number of carbonyl (C=O) groups is 6. The molecule has 606 valence electrons. The van der Waals surface area contributed by atoms with Crippen molar-refractivity contribution in [2.75, 3.05) is 104 Å². The molecule has 12 bridgehead atoms. The lowest BCUT2D eigenvalue weighted by molar-refractivity contribution is -0.292. The van der Waals surface area contributed by atoms with Crippen molar-refractivity contribution in [2.24, 2.45) is 11.8 Å². The van der Waals surface area contributed by atoms with Crippen LogP contribution in [0.15, 0.2) is 54.8 Å². The zero-order valence-corrected chi connectivity index (χ0v) is 65.2. The third-order valence-corrected chi connectivity index (χ3v) is 24.6. The Balaban J connectivity index is 0.557. The van der Waals surface area contributed by atoms with Crippen LogP contribution in [0, 0.1) is 11.8 Å². The van der Waals surface area contributed by atoms with Crippen molar-refractivity contribution in [1.29, 1.82) is 0 Å². The molecule has 2 aromatic rings. The third kappa shape index (κ3) is 22.7. The van der Waals surface area contributed by atoms with E-state index in [1.54, 1.807) is 63.8 Å². The van der Waals surface area contributed by atoms with Crippen molar-refractivity contribution in [1.82, 2.24) is 20.1 Å². The first-order chi connectivity index (χ1) is 52.7. The SMILES string of the molecule is C=C1C[C@@H]2CC[C@@]34C[C@H]5O[C@H]6[C@@H](O3)[C@H]3O[C@H](CC[C@@H]3O[C@H]6[C@H]5O4)CC(=O)C[C@@H]3[C@@H](OC)[C@@H](C[C@H](O)CCC(=O)OCc4ccc(N(CCOCCOCCOCCn5cc(COCCOCCOCCC(=O)ON6C(=O)CCC6=O)nn5)C(=O)OCC(C)(C)SSC)cc4)O[C@H]3C[C@H]3O[C@@H](CC[C@@H]1O2)C[C@@H](C)C3=C. The lowest BCUT2D eigenvalue weighted by atomic mass is 9.81. The molecule has 1 aromatic heterocycles. The Morgan fingerprint density at radius 3 is 2.13 bits per heavy atom. The molecule has 13 rings (SSSR count). The van der Waals surface area contributed by atoms with E-state index < -0.39 is 72.3 Å². The summed E-state index contributed by atoms with van der Waals surface area (Å²) >= 11 is 0. The van der Waals surface area contributed by atoms with E-state index >= 15 is 0 Å². The number of rotatable bonds is 37. The number of anilines is 1. The predicted octanol–water partition coefficient (Wildman–Crippen LogP) is 7.62. The smallest absolute Gasteiger partial charge is 0.414 e. The van der Waals surface area contributed by atoms with Crippen LogP contribution in [0.3, 0.4) is 0 Å². The van der Waals surface area contributed by atoms with Crippen molar-refractivity contribution in [3.05, 3.63) is 66.0 Å². The van der Waals surface area contributed by atoms with E-state index in [0.29, 0.717) is 100 Å². The highest BCUT2D eigenvalue weighted by Gasteiger charge is 2.69. The first kappa shape index (κ1) is 83.4. The number of hydroxylamine groups is 2. The number of hydrogen-bond acceptors (Lipinski definition) is 29. The summed E-state index contributed by atoms with van der Waals surface area (Å²) in [6, 6.07) is 7.10. The molecule has 0 radical (unpaired) electrons. The van der Waals surface area contributed by atoms with Gasteiger partial charge in [0.15, 0.2) is 5.79 Å². The summed E-state index contributed by atoms with van der Waals surface area (Å²) in [5.74, 6) is -3.31. The lowest BCUT2D eigenvalue weighted by Crippen LogP contribution is -2.61. The Bertz CT molecular complexity index is 3360. The van der Waals surface area contributed by atoms with Gasteiger partial charge in [-0.15, -0.1) is 10.2 Å². The number of ketones is 1. The molecule has 0 aliphatic carbocycles. The molecule has 1 N–H and O–H groups in total. The molecule has 0 saturated carbocycles. The fourth-order valence-corrected chi connectivity index (χ4v) is 18.5. The number of ether oxygens (including phenoxy) is 17. The van der Waals surface area contributed by atoms with Crippen LogP contribution in [0.2, 0.25) is 0 Å². The molecule has 1 spiro atoms. The second-order valence-electron chi connectivity index (χ2n) is 30.7. The molecule has 32 heteroatoms. The van der Waals surface area contributed by atoms with Gasteiger partial charge in [-0.1, -0.05) is 59.0 Å². The minimum Gasteiger partial charge on any atom is -0.461 e. The van der Waals surface area contributed by atoms with Crippen LogP contribution in [0.5, 0.6) is 0 Å². The van der Waals surface area contributed by atoms with Crippen LogP contribution in [0.1, 0.15) is 148 Å². The van der Waals surface area contributed by atoms with Crippen molar-refractivity contribution in [3.63, 3.8) is 0 Å². The molecule has 12 heterocycles. The van der Waals surface area contributed by atoms with Crippen LogP contribution >= 0.6 is 21.6 Å². The number of benzene rings is 1. The maximum atomic E-state index is 14.6. The van der Waals surface area contributed by atoms with Crippen LogP contribution in [-0.2, 0) is 129 Å². The molecule has 109 heavy (non-hydrogen) atoms. The molecule has 1 aromatic carbocycles. The number of Topliss-reactive ketones (excluding diaryl/α,β-unsaturated/α-hetero) is 1. The largest absolute Gasteiger partial charge is 0.461 e. The van der Waals surface area contributed by atoms with Crippen LogP contribution in [0.25, 0.3) is 0 Å². The maximum Gasteiger partial charge on any atom is 0.414 e. The molecular formula is C77H111N5O25S2. The first-order valence-corrected chi connectivity index (χ1v) is 41.5. The van der Waals surface area contributed by atoms with Gasteiger partial charge in [0.25, 0.3) is 11.8 Å². The molecule has 11 fully saturated rings. The average molecular weight is 1570 g/mol. The lowest BCUT2D eigenvalue weighted by Gasteiger charge is -2.47. The number of nitrogens with zero attached hydrogens (tertiary/aromatic N) is 5. The second kappa shape index (κ2) is 39.8. The van der Waals surface area contributed by atoms with Gasteiger partial charge in [0, 0.05) is 76.5 Å². The van der Waals surface area contributed by atoms with Crippen molar-refractivity contribution in [2.45, 2.75) is 264 Å². The Kier molecular flexibility index (Phi) is 30.4. The highest BCUT2D eigenvalue weighted by atomic mass is 33.1. The summed E-state index contributed by atoms with van der Waals surface area (Å²) in [5.41, 5.74) is 3.98. The van der Waals surface area contributed by atoms with Gasteiger partial charge in [0.1, 0.15) is 55.2 Å². The van der Waals surface area contributed by atoms with Gasteiger partial charge in [-0.25, -0.2) is 14.3 Å². The molecule has 11 aliphatic rings. The Morgan fingerprint density at radius 1 is 0.697 bits per heavy atom. The second-order valence-corrected chi connectivity index (χ2v) is 33.8. The minimum absolute atomic E-state index is 0.0143. The summed E-state index contributed by atoms with van der Waals surface area (Å²) in [4.78, 5) is 83.0. The minimum atomic E-state index is -0.963. The Labute approximate surface area is 645 Å². The van der Waals surface area contributed by atoms with E-state index in [4.69, 9.17) is 85.4 Å². The number of imide groups is 1. The normalized spacial score (nSPS) is 31.9. The average Bonchev–Trinajstić information content (AvgIpc) is 1.55. The molecule has 0 unspecified atom stereocenters. The van der Waals surface area contributed by atoms with E-state index in [1.165, 1.54) is 4.90 Å². The van der Waals surface area contributed by atoms with Crippen molar-refractivity contribution >= 4 is 62.9 Å². The quantitative estimate of drug-likeness (QED) is 0.0223. The van der Waals surface area contributed by atoms with Gasteiger partial charge in [0.2, 0.25) is 0 Å². The van der Waals surface area contributed by atoms with Crippen LogP contribution < -0.4 is 4.90 Å². The predicted molar refractivity (Wildman–Crippen MR) is 392 cm³/mol. The fourth-order valence-electron chi connectivity index (χ4n) is 16.4. The molecule has 11 aliphatic heterocycles. The highest BCUT2D eigenvalue weighted by Crippen LogP contribution is 2.55.